The molecule has 0 spiro atoms. The molecule has 0 aromatic carbocycles. The summed E-state index contributed by atoms with van der Waals surface area (Å²) in [6.07, 6.45) is 6.09. The largest absolute Gasteiger partial charge is 0.342 e. The lowest BCUT2D eigenvalue weighted by molar-refractivity contribution is -0.125. The van der Waals surface area contributed by atoms with E-state index >= 15 is 0 Å². The summed E-state index contributed by atoms with van der Waals surface area (Å²) in [6.45, 7) is 7.03. The van der Waals surface area contributed by atoms with Crippen LogP contribution >= 0.6 is 0 Å². The van der Waals surface area contributed by atoms with Gasteiger partial charge in [0.2, 0.25) is 0 Å². The summed E-state index contributed by atoms with van der Waals surface area (Å²) in [7, 11) is 0. The molecule has 0 radical (unpaired) electrons. The highest BCUT2D eigenvalue weighted by Gasteiger charge is 2.46. The Labute approximate surface area is 110 Å². The van der Waals surface area contributed by atoms with Gasteiger partial charge in [-0.05, 0) is 31.6 Å². The van der Waals surface area contributed by atoms with E-state index in [2.05, 4.69) is 29.5 Å². The van der Waals surface area contributed by atoms with Crippen LogP contribution in [0.25, 0.3) is 0 Å². The van der Waals surface area contributed by atoms with Crippen LogP contribution in [0.2, 0.25) is 0 Å². The van der Waals surface area contributed by atoms with Crippen molar-refractivity contribution in [3.05, 3.63) is 0 Å². The van der Waals surface area contributed by atoms with E-state index in [4.69, 9.17) is 0 Å². The van der Waals surface area contributed by atoms with Crippen molar-refractivity contribution < 1.29 is 4.79 Å². The van der Waals surface area contributed by atoms with Gasteiger partial charge in [0.15, 0.2) is 5.96 Å². The van der Waals surface area contributed by atoms with Gasteiger partial charge in [-0.1, -0.05) is 33.1 Å². The van der Waals surface area contributed by atoms with E-state index in [0.29, 0.717) is 17.8 Å². The third-order valence-electron chi connectivity index (χ3n) is 4.12. The zero-order valence-electron chi connectivity index (χ0n) is 11.8. The van der Waals surface area contributed by atoms with Crippen LogP contribution in [0, 0.1) is 11.8 Å². The molecule has 1 aliphatic heterocycles. The zero-order chi connectivity index (χ0) is 13.2. The number of nitrogens with one attached hydrogen (secondary N) is 2. The lowest BCUT2D eigenvalue weighted by Crippen LogP contribution is -2.51. The smallest absolute Gasteiger partial charge is 0.252 e. The predicted molar refractivity (Wildman–Crippen MR) is 73.4 cm³/mol. The standard InChI is InChI=1S/C14H25N3O/c1-10(2)9-15-13-16-12(18)14(3,17-13)11-7-5-4-6-8-11/h10-11H,4-9H2,1-3H3,(H2,15,16,17,18). The van der Waals surface area contributed by atoms with Crippen LogP contribution in [0.1, 0.15) is 52.9 Å². The Hall–Kier alpha value is -1.06. The average Bonchev–Trinajstić information content (AvgIpc) is 2.65. The maximum absolute atomic E-state index is 12.2. The van der Waals surface area contributed by atoms with E-state index < -0.39 is 5.54 Å². The lowest BCUT2D eigenvalue weighted by Gasteiger charge is -2.34. The molecular formula is C14H25N3O. The monoisotopic (exact) mass is 251 g/mol. The molecule has 4 heteroatoms. The Morgan fingerprint density at radius 1 is 1.33 bits per heavy atom. The van der Waals surface area contributed by atoms with E-state index in [9.17, 15) is 4.79 Å². The summed E-state index contributed by atoms with van der Waals surface area (Å²) >= 11 is 0. The van der Waals surface area contributed by atoms with E-state index in [0.717, 1.165) is 19.4 Å². The third kappa shape index (κ3) is 2.68. The number of carbonyl (C=O) groups is 1. The second-order valence-electron chi connectivity index (χ2n) is 6.20. The van der Waals surface area contributed by atoms with Crippen molar-refractivity contribution in [2.45, 2.75) is 58.4 Å². The van der Waals surface area contributed by atoms with Crippen LogP contribution in [-0.4, -0.2) is 24.0 Å². The molecule has 1 atom stereocenters. The molecule has 0 bridgehead atoms. The number of aliphatic imine (C=N–C) groups is 1. The number of carbonyl (C=O) groups excluding carboxylic acids is 1. The quantitative estimate of drug-likeness (QED) is 0.806. The Bertz CT molecular complexity index is 345. The number of guanidine groups is 1. The molecule has 4 nitrogen and oxygen atoms in total. The molecule has 2 N–H and O–H groups in total. The molecule has 1 aliphatic carbocycles. The van der Waals surface area contributed by atoms with Crippen molar-refractivity contribution >= 4 is 11.9 Å². The third-order valence-corrected chi connectivity index (χ3v) is 4.12. The van der Waals surface area contributed by atoms with Gasteiger partial charge in [0.25, 0.3) is 5.91 Å². The molecule has 2 fully saturated rings. The highest BCUT2D eigenvalue weighted by molar-refractivity contribution is 6.09. The molecule has 0 aromatic rings. The molecule has 0 aromatic heterocycles. The fraction of sp³-hybridized carbons (Fsp3) is 0.857. The molecule has 1 heterocycles. The minimum atomic E-state index is -0.448. The van der Waals surface area contributed by atoms with Crippen LogP contribution < -0.4 is 10.6 Å². The highest BCUT2D eigenvalue weighted by Crippen LogP contribution is 2.34. The Morgan fingerprint density at radius 2 is 2.00 bits per heavy atom. The zero-order valence-corrected chi connectivity index (χ0v) is 11.8. The number of hydrogen-bond donors (Lipinski definition) is 2. The minimum absolute atomic E-state index is 0.0944. The average molecular weight is 251 g/mol. The topological polar surface area (TPSA) is 53.5 Å². The van der Waals surface area contributed by atoms with Gasteiger partial charge < -0.3 is 5.32 Å². The first kappa shape index (κ1) is 13.4. The first-order valence-corrected chi connectivity index (χ1v) is 7.16. The van der Waals surface area contributed by atoms with Crippen LogP contribution in [0.15, 0.2) is 4.99 Å². The molecule has 1 amide bonds. The van der Waals surface area contributed by atoms with Crippen molar-refractivity contribution in [3.63, 3.8) is 0 Å². The van der Waals surface area contributed by atoms with Gasteiger partial charge in [-0.3, -0.25) is 15.1 Å². The Balaban J connectivity index is 2.05. The fourth-order valence-corrected chi connectivity index (χ4v) is 2.89. The maximum Gasteiger partial charge on any atom is 0.252 e. The summed E-state index contributed by atoms with van der Waals surface area (Å²) in [5.74, 6) is 1.72. The molecule has 1 saturated heterocycles. The van der Waals surface area contributed by atoms with E-state index in [1.165, 1.54) is 19.3 Å². The Kier molecular flexibility index (Phi) is 3.93. The maximum atomic E-state index is 12.2. The van der Waals surface area contributed by atoms with Crippen LogP contribution in [-0.2, 0) is 4.79 Å². The summed E-state index contributed by atoms with van der Waals surface area (Å²) in [6, 6.07) is 0. The summed E-state index contributed by atoms with van der Waals surface area (Å²) in [5, 5.41) is 6.23. The number of amides is 1. The normalized spacial score (nSPS) is 31.8. The second-order valence-corrected chi connectivity index (χ2v) is 6.20. The van der Waals surface area contributed by atoms with Gasteiger partial charge in [-0.15, -0.1) is 0 Å². The minimum Gasteiger partial charge on any atom is -0.342 e. The van der Waals surface area contributed by atoms with E-state index in [1.807, 2.05) is 6.92 Å². The highest BCUT2D eigenvalue weighted by atomic mass is 16.2. The molecule has 2 rings (SSSR count). The van der Waals surface area contributed by atoms with Gasteiger partial charge in [-0.25, -0.2) is 0 Å². The molecule has 2 aliphatic rings. The van der Waals surface area contributed by atoms with Crippen LogP contribution in [0.5, 0.6) is 0 Å². The first-order valence-electron chi connectivity index (χ1n) is 7.16. The summed E-state index contributed by atoms with van der Waals surface area (Å²) < 4.78 is 0. The SMILES string of the molecule is CC(C)CN=C1NC(=O)C(C)(C2CCCCC2)N1. The molecular weight excluding hydrogens is 226 g/mol. The van der Waals surface area contributed by atoms with Crippen molar-refractivity contribution in [2.75, 3.05) is 6.54 Å². The van der Waals surface area contributed by atoms with Crippen molar-refractivity contribution in [3.8, 4) is 0 Å². The van der Waals surface area contributed by atoms with E-state index in [-0.39, 0.29) is 5.91 Å². The number of rotatable bonds is 3. The second kappa shape index (κ2) is 5.29. The molecule has 18 heavy (non-hydrogen) atoms. The molecule has 1 saturated carbocycles. The number of hydrogen-bond acceptors (Lipinski definition) is 2. The number of nitrogens with zero attached hydrogens (tertiary/aromatic N) is 1. The van der Waals surface area contributed by atoms with Gasteiger partial charge in [0.1, 0.15) is 5.54 Å². The van der Waals surface area contributed by atoms with Gasteiger partial charge >= 0.3 is 0 Å². The van der Waals surface area contributed by atoms with Crippen molar-refractivity contribution in [1.82, 2.24) is 10.6 Å². The van der Waals surface area contributed by atoms with Gasteiger partial charge in [0, 0.05) is 6.54 Å². The Morgan fingerprint density at radius 3 is 2.61 bits per heavy atom. The van der Waals surface area contributed by atoms with Crippen LogP contribution in [0.3, 0.4) is 0 Å². The van der Waals surface area contributed by atoms with Gasteiger partial charge in [0.05, 0.1) is 0 Å². The van der Waals surface area contributed by atoms with Gasteiger partial charge in [-0.2, -0.15) is 0 Å². The lowest BCUT2D eigenvalue weighted by atomic mass is 9.76. The first-order chi connectivity index (χ1) is 8.52. The predicted octanol–water partition coefficient (Wildman–Crippen LogP) is 2.06. The summed E-state index contributed by atoms with van der Waals surface area (Å²) in [4.78, 5) is 16.6. The van der Waals surface area contributed by atoms with Crippen LogP contribution in [0.4, 0.5) is 0 Å². The fourth-order valence-electron chi connectivity index (χ4n) is 2.89. The van der Waals surface area contributed by atoms with Crippen molar-refractivity contribution in [2.24, 2.45) is 16.8 Å². The van der Waals surface area contributed by atoms with Crippen molar-refractivity contribution in [1.29, 1.82) is 0 Å². The molecule has 102 valence electrons. The molecule has 1 unspecified atom stereocenters. The van der Waals surface area contributed by atoms with E-state index in [1.54, 1.807) is 0 Å². The summed E-state index contributed by atoms with van der Waals surface area (Å²) in [5.41, 5.74) is -0.448.